The van der Waals surface area contributed by atoms with Crippen LogP contribution < -0.4 is 15.1 Å². The number of amides is 1. The summed E-state index contributed by atoms with van der Waals surface area (Å²) < 4.78 is 6.04. The van der Waals surface area contributed by atoms with Crippen LogP contribution >= 0.6 is 0 Å². The Morgan fingerprint density at radius 1 is 0.912 bits per heavy atom. The maximum Gasteiger partial charge on any atom is 0.271 e. The number of carbonyl (C=O) groups excluding carboxylic acids is 1. The second kappa shape index (κ2) is 11.4. The summed E-state index contributed by atoms with van der Waals surface area (Å²) >= 11 is 0. The lowest BCUT2D eigenvalue weighted by Gasteiger charge is -2.26. The Morgan fingerprint density at radius 2 is 1.56 bits per heavy atom. The summed E-state index contributed by atoms with van der Waals surface area (Å²) in [5, 5.41) is 4.16. The van der Waals surface area contributed by atoms with Gasteiger partial charge in [0, 0.05) is 40.5 Å². The number of hydrogen-bond donors (Lipinski definition) is 1. The van der Waals surface area contributed by atoms with Crippen molar-refractivity contribution in [3.05, 3.63) is 120 Å². The summed E-state index contributed by atoms with van der Waals surface area (Å²) in [7, 11) is 0. The van der Waals surface area contributed by atoms with Gasteiger partial charge in [0.15, 0.2) is 0 Å². The van der Waals surface area contributed by atoms with Crippen molar-refractivity contribution in [1.29, 1.82) is 0 Å². The molecule has 1 amide bonds. The third kappa shape index (κ3) is 5.66. The molecule has 6 nitrogen and oxygen atoms in total. The van der Waals surface area contributed by atoms with Crippen LogP contribution in [0.25, 0.3) is 0 Å². The van der Waals surface area contributed by atoms with Crippen LogP contribution in [0.5, 0.6) is 5.75 Å². The largest absolute Gasteiger partial charge is 0.493 e. The minimum Gasteiger partial charge on any atom is -0.493 e. The van der Waals surface area contributed by atoms with Gasteiger partial charge in [0.25, 0.3) is 5.91 Å². The second-order valence-electron chi connectivity index (χ2n) is 7.46. The summed E-state index contributed by atoms with van der Waals surface area (Å²) in [5.74, 6) is 0.441. The van der Waals surface area contributed by atoms with Crippen LogP contribution in [0.4, 0.5) is 11.4 Å². The van der Waals surface area contributed by atoms with Crippen molar-refractivity contribution in [1.82, 2.24) is 10.4 Å². The number of aromatic nitrogens is 1. The van der Waals surface area contributed by atoms with Gasteiger partial charge in [-0.2, -0.15) is 5.10 Å². The molecule has 4 rings (SSSR count). The van der Waals surface area contributed by atoms with Gasteiger partial charge in [0.1, 0.15) is 5.75 Å². The molecule has 0 saturated carbocycles. The summed E-state index contributed by atoms with van der Waals surface area (Å²) in [6, 6.07) is 29.7. The number of nitrogens with one attached hydrogen (secondary N) is 1. The van der Waals surface area contributed by atoms with Crippen molar-refractivity contribution < 1.29 is 9.53 Å². The molecule has 0 aliphatic heterocycles. The van der Waals surface area contributed by atoms with Crippen molar-refractivity contribution >= 4 is 23.5 Å². The van der Waals surface area contributed by atoms with Crippen molar-refractivity contribution in [3.63, 3.8) is 0 Å². The molecule has 4 aromatic rings. The van der Waals surface area contributed by atoms with Crippen LogP contribution in [-0.4, -0.2) is 23.7 Å². The normalized spacial score (nSPS) is 10.7. The molecular weight excluding hydrogens is 424 g/mol. The first-order valence-electron chi connectivity index (χ1n) is 11.1. The van der Waals surface area contributed by atoms with Crippen molar-refractivity contribution in [2.24, 2.45) is 5.10 Å². The molecule has 0 spiro atoms. The third-order valence-corrected chi connectivity index (χ3v) is 5.19. The van der Waals surface area contributed by atoms with Crippen LogP contribution in [0.3, 0.4) is 0 Å². The van der Waals surface area contributed by atoms with Gasteiger partial charge < -0.3 is 9.64 Å². The number of hydrogen-bond acceptors (Lipinski definition) is 5. The highest BCUT2D eigenvalue weighted by molar-refractivity contribution is 5.95. The molecule has 170 valence electrons. The van der Waals surface area contributed by atoms with E-state index in [4.69, 9.17) is 4.74 Å². The SMILES string of the molecule is CCOc1c(/C=N/NC(=O)c2ccncc2)cccc1CN(c1ccccc1)c1ccccc1. The quantitative estimate of drug-likeness (QED) is 0.267. The highest BCUT2D eigenvalue weighted by atomic mass is 16.5. The average molecular weight is 451 g/mol. The number of anilines is 2. The smallest absolute Gasteiger partial charge is 0.271 e. The molecular formula is C28H26N4O2. The fourth-order valence-electron chi connectivity index (χ4n) is 3.60. The van der Waals surface area contributed by atoms with E-state index in [0.29, 0.717) is 18.7 Å². The average Bonchev–Trinajstić information content (AvgIpc) is 2.90. The summed E-state index contributed by atoms with van der Waals surface area (Å²) in [5.41, 5.74) is 7.03. The molecule has 0 aliphatic rings. The van der Waals surface area contributed by atoms with Crippen LogP contribution in [0.1, 0.15) is 28.4 Å². The Kier molecular flexibility index (Phi) is 7.64. The van der Waals surface area contributed by atoms with E-state index in [1.807, 2.05) is 55.5 Å². The Labute approximate surface area is 199 Å². The molecule has 0 bridgehead atoms. The van der Waals surface area contributed by atoms with Crippen molar-refractivity contribution in [2.75, 3.05) is 11.5 Å². The number of pyridine rings is 1. The van der Waals surface area contributed by atoms with E-state index in [0.717, 1.165) is 28.3 Å². The van der Waals surface area contributed by atoms with Gasteiger partial charge in [0.2, 0.25) is 0 Å². The molecule has 0 aliphatic carbocycles. The van der Waals surface area contributed by atoms with E-state index in [9.17, 15) is 4.79 Å². The van der Waals surface area contributed by atoms with E-state index in [-0.39, 0.29) is 5.91 Å². The molecule has 1 heterocycles. The molecule has 0 atom stereocenters. The van der Waals surface area contributed by atoms with E-state index in [1.165, 1.54) is 0 Å². The molecule has 1 N–H and O–H groups in total. The van der Waals surface area contributed by atoms with E-state index in [2.05, 4.69) is 50.7 Å². The number of benzene rings is 3. The molecule has 0 unspecified atom stereocenters. The third-order valence-electron chi connectivity index (χ3n) is 5.19. The minimum absolute atomic E-state index is 0.299. The summed E-state index contributed by atoms with van der Waals surface area (Å²) in [6.45, 7) is 3.07. The van der Waals surface area contributed by atoms with Gasteiger partial charge in [0.05, 0.1) is 19.4 Å². The molecule has 3 aromatic carbocycles. The van der Waals surface area contributed by atoms with Gasteiger partial charge in [-0.15, -0.1) is 0 Å². The standard InChI is InChI=1S/C28H26N4O2/c1-2-34-27-23(20-30-31-28(33)22-16-18-29-19-17-22)10-9-11-24(27)21-32(25-12-5-3-6-13-25)26-14-7-4-8-15-26/h3-20H,2,21H2,1H3,(H,31,33)/b30-20+. The molecule has 0 fully saturated rings. The van der Waals surface area contributed by atoms with Crippen LogP contribution in [0, 0.1) is 0 Å². The van der Waals surface area contributed by atoms with Gasteiger partial charge in [-0.05, 0) is 49.4 Å². The summed E-state index contributed by atoms with van der Waals surface area (Å²) in [6.07, 6.45) is 4.75. The van der Waals surface area contributed by atoms with Gasteiger partial charge in [-0.25, -0.2) is 5.43 Å². The maximum absolute atomic E-state index is 12.3. The predicted molar refractivity (Wildman–Crippen MR) is 136 cm³/mol. The highest BCUT2D eigenvalue weighted by Crippen LogP contribution is 2.31. The van der Waals surface area contributed by atoms with Crippen molar-refractivity contribution in [3.8, 4) is 5.75 Å². The highest BCUT2D eigenvalue weighted by Gasteiger charge is 2.15. The second-order valence-corrected chi connectivity index (χ2v) is 7.46. The molecule has 34 heavy (non-hydrogen) atoms. The Balaban J connectivity index is 1.61. The number of hydrazone groups is 1. The van der Waals surface area contributed by atoms with E-state index in [1.54, 1.807) is 30.7 Å². The number of para-hydroxylation sites is 3. The van der Waals surface area contributed by atoms with Crippen LogP contribution in [0.15, 0.2) is 108 Å². The Hall–Kier alpha value is -4.45. The first-order valence-corrected chi connectivity index (χ1v) is 11.1. The first-order chi connectivity index (χ1) is 16.8. The number of rotatable bonds is 9. The van der Waals surface area contributed by atoms with Gasteiger partial charge in [-0.3, -0.25) is 9.78 Å². The van der Waals surface area contributed by atoms with Crippen molar-refractivity contribution in [2.45, 2.75) is 13.5 Å². The monoisotopic (exact) mass is 450 g/mol. The van der Waals surface area contributed by atoms with E-state index < -0.39 is 0 Å². The Bertz CT molecular complexity index is 1190. The first kappa shape index (κ1) is 22.7. The van der Waals surface area contributed by atoms with E-state index >= 15 is 0 Å². The molecule has 0 radical (unpaired) electrons. The number of nitrogens with zero attached hydrogens (tertiary/aromatic N) is 3. The summed E-state index contributed by atoms with van der Waals surface area (Å²) in [4.78, 5) is 18.4. The van der Waals surface area contributed by atoms with Crippen LogP contribution in [-0.2, 0) is 6.54 Å². The molecule has 1 aromatic heterocycles. The predicted octanol–water partition coefficient (Wildman–Crippen LogP) is 5.58. The minimum atomic E-state index is -0.299. The number of ether oxygens (including phenoxy) is 1. The topological polar surface area (TPSA) is 66.8 Å². The zero-order chi connectivity index (χ0) is 23.6. The molecule has 6 heteroatoms. The fourth-order valence-corrected chi connectivity index (χ4v) is 3.60. The zero-order valence-electron chi connectivity index (χ0n) is 19.0. The lowest BCUT2D eigenvalue weighted by Crippen LogP contribution is -2.18. The maximum atomic E-state index is 12.3. The number of carbonyl (C=O) groups is 1. The molecule has 0 saturated heterocycles. The fraction of sp³-hybridized carbons (Fsp3) is 0.107. The van der Waals surface area contributed by atoms with Gasteiger partial charge in [-0.1, -0.05) is 48.5 Å². The zero-order valence-corrected chi connectivity index (χ0v) is 19.0. The Morgan fingerprint density at radius 3 is 2.18 bits per heavy atom. The lowest BCUT2D eigenvalue weighted by molar-refractivity contribution is 0.0955. The van der Waals surface area contributed by atoms with Crippen LogP contribution in [0.2, 0.25) is 0 Å². The van der Waals surface area contributed by atoms with Gasteiger partial charge >= 0.3 is 0 Å². The lowest BCUT2D eigenvalue weighted by atomic mass is 10.1.